The minimum Gasteiger partial charge on any atom is -0.480 e. The molecule has 0 fully saturated rings. The molecule has 7 nitrogen and oxygen atoms in total. The summed E-state index contributed by atoms with van der Waals surface area (Å²) in [5, 5.41) is 18.6. The van der Waals surface area contributed by atoms with E-state index < -0.39 is 23.5 Å². The molecule has 22 heavy (non-hydrogen) atoms. The summed E-state index contributed by atoms with van der Waals surface area (Å²) in [4.78, 5) is 40.0. The summed E-state index contributed by atoms with van der Waals surface area (Å²) in [5.74, 6) is -2.10. The van der Waals surface area contributed by atoms with Gasteiger partial charge in [0.1, 0.15) is 21.6 Å². The zero-order valence-electron chi connectivity index (χ0n) is 12.6. The molecule has 0 amide bonds. The number of aliphatic carboxylic acids is 1. The van der Waals surface area contributed by atoms with Crippen molar-refractivity contribution in [1.29, 1.82) is 0 Å². The monoisotopic (exact) mass is 324 g/mol. The van der Waals surface area contributed by atoms with E-state index >= 15 is 0 Å². The molecular weight excluding hydrogens is 308 g/mol. The van der Waals surface area contributed by atoms with Gasteiger partial charge in [-0.25, -0.2) is 14.6 Å². The predicted octanol–water partition coefficient (Wildman–Crippen LogP) is 2.23. The minimum atomic E-state index is -1.14. The van der Waals surface area contributed by atoms with Gasteiger partial charge in [-0.05, 0) is 19.4 Å². The van der Waals surface area contributed by atoms with Crippen LogP contribution in [0, 0.1) is 6.92 Å². The number of aryl methyl sites for hydroxylation is 1. The Morgan fingerprint density at radius 1 is 1.23 bits per heavy atom. The smallest absolute Gasteiger partial charge is 0.346 e. The standard InChI is InChI=1S/C14H16N2O5S/c1-5(2)10-15-11-8(6(3)9(22-11)14(20)21)12(17)16(10)7(4)13(18)19/h5,7H,1-4H3,(H,18,19)(H,20,21). The number of fused-ring (bicyclic) bond motifs is 1. The van der Waals surface area contributed by atoms with Crippen molar-refractivity contribution in [3.63, 3.8) is 0 Å². The number of aromatic carboxylic acids is 1. The fourth-order valence-electron chi connectivity index (χ4n) is 2.31. The maximum atomic E-state index is 12.7. The highest BCUT2D eigenvalue weighted by molar-refractivity contribution is 7.20. The predicted molar refractivity (Wildman–Crippen MR) is 82.0 cm³/mol. The zero-order chi connectivity index (χ0) is 16.8. The van der Waals surface area contributed by atoms with Crippen LogP contribution in [0.1, 0.15) is 53.8 Å². The van der Waals surface area contributed by atoms with Crippen molar-refractivity contribution in [3.05, 3.63) is 26.6 Å². The van der Waals surface area contributed by atoms with Gasteiger partial charge >= 0.3 is 11.9 Å². The second-order valence-corrected chi connectivity index (χ2v) is 6.35. The Bertz CT molecular complexity index is 834. The van der Waals surface area contributed by atoms with Crippen LogP contribution in [0.25, 0.3) is 10.2 Å². The molecule has 0 saturated heterocycles. The molecule has 0 saturated carbocycles. The number of thiophene rings is 1. The highest BCUT2D eigenvalue weighted by atomic mass is 32.1. The van der Waals surface area contributed by atoms with Gasteiger partial charge in [0.15, 0.2) is 0 Å². The van der Waals surface area contributed by atoms with E-state index in [1.165, 1.54) is 13.8 Å². The van der Waals surface area contributed by atoms with Crippen molar-refractivity contribution >= 4 is 33.5 Å². The second kappa shape index (κ2) is 5.53. The van der Waals surface area contributed by atoms with Gasteiger partial charge in [0, 0.05) is 5.92 Å². The van der Waals surface area contributed by atoms with Crippen molar-refractivity contribution in [2.75, 3.05) is 0 Å². The Hall–Kier alpha value is -2.22. The maximum Gasteiger partial charge on any atom is 0.346 e. The summed E-state index contributed by atoms with van der Waals surface area (Å²) in [7, 11) is 0. The van der Waals surface area contributed by atoms with Gasteiger partial charge in [-0.15, -0.1) is 11.3 Å². The molecule has 0 aromatic carbocycles. The van der Waals surface area contributed by atoms with Gasteiger partial charge in [-0.2, -0.15) is 0 Å². The lowest BCUT2D eigenvalue weighted by atomic mass is 10.1. The van der Waals surface area contributed by atoms with Crippen LogP contribution in [0.5, 0.6) is 0 Å². The third kappa shape index (κ3) is 2.39. The molecule has 2 rings (SSSR count). The first kappa shape index (κ1) is 16.2. The van der Waals surface area contributed by atoms with Crippen LogP contribution in [0.15, 0.2) is 4.79 Å². The SMILES string of the molecule is Cc1c(C(=O)O)sc2nc(C(C)C)n(C(C)C(=O)O)c(=O)c12. The summed E-state index contributed by atoms with van der Waals surface area (Å²) >= 11 is 0.935. The largest absolute Gasteiger partial charge is 0.480 e. The molecule has 0 spiro atoms. The first-order chi connectivity index (χ1) is 10.2. The average molecular weight is 324 g/mol. The van der Waals surface area contributed by atoms with Crippen LogP contribution >= 0.6 is 11.3 Å². The van der Waals surface area contributed by atoms with Crippen LogP contribution < -0.4 is 5.56 Å². The van der Waals surface area contributed by atoms with E-state index in [1.807, 2.05) is 0 Å². The number of carboxylic acids is 2. The Labute approximate surface area is 129 Å². The molecule has 1 atom stereocenters. The molecule has 118 valence electrons. The highest BCUT2D eigenvalue weighted by Crippen LogP contribution is 2.29. The number of carboxylic acid groups (broad SMARTS) is 2. The summed E-state index contributed by atoms with van der Waals surface area (Å²) in [6.45, 7) is 6.55. The Morgan fingerprint density at radius 2 is 1.82 bits per heavy atom. The maximum absolute atomic E-state index is 12.7. The Morgan fingerprint density at radius 3 is 2.27 bits per heavy atom. The van der Waals surface area contributed by atoms with Gasteiger partial charge in [0.25, 0.3) is 5.56 Å². The number of hydrogen-bond acceptors (Lipinski definition) is 5. The van der Waals surface area contributed by atoms with E-state index in [0.717, 1.165) is 15.9 Å². The van der Waals surface area contributed by atoms with Crippen LogP contribution in [0.4, 0.5) is 0 Å². The van der Waals surface area contributed by atoms with E-state index in [0.29, 0.717) is 16.2 Å². The van der Waals surface area contributed by atoms with Gasteiger partial charge < -0.3 is 10.2 Å². The topological polar surface area (TPSA) is 109 Å². The number of rotatable bonds is 4. The van der Waals surface area contributed by atoms with Crippen molar-refractivity contribution in [1.82, 2.24) is 9.55 Å². The Kier molecular flexibility index (Phi) is 4.06. The minimum absolute atomic E-state index is 0.0510. The highest BCUT2D eigenvalue weighted by Gasteiger charge is 2.26. The zero-order valence-corrected chi connectivity index (χ0v) is 13.4. The lowest BCUT2D eigenvalue weighted by molar-refractivity contribution is -0.140. The van der Waals surface area contributed by atoms with E-state index in [-0.39, 0.29) is 16.2 Å². The second-order valence-electron chi connectivity index (χ2n) is 5.36. The van der Waals surface area contributed by atoms with Crippen molar-refractivity contribution in [2.24, 2.45) is 0 Å². The van der Waals surface area contributed by atoms with Crippen LogP contribution in [0.3, 0.4) is 0 Å². The molecule has 2 aromatic rings. The number of aromatic nitrogens is 2. The van der Waals surface area contributed by atoms with Gasteiger partial charge in [-0.1, -0.05) is 13.8 Å². The van der Waals surface area contributed by atoms with Gasteiger partial charge in [0.05, 0.1) is 5.39 Å². The average Bonchev–Trinajstić information content (AvgIpc) is 2.75. The number of hydrogen-bond donors (Lipinski definition) is 2. The molecule has 0 aliphatic carbocycles. The Balaban J connectivity index is 2.95. The lowest BCUT2D eigenvalue weighted by Crippen LogP contribution is -2.32. The number of carbonyl (C=O) groups is 2. The van der Waals surface area contributed by atoms with Crippen LogP contribution in [0.2, 0.25) is 0 Å². The van der Waals surface area contributed by atoms with Crippen LogP contribution in [-0.2, 0) is 4.79 Å². The molecule has 8 heteroatoms. The summed E-state index contributed by atoms with van der Waals surface area (Å²) in [5.41, 5.74) is -0.184. The molecule has 0 aliphatic rings. The fourth-order valence-corrected chi connectivity index (χ4v) is 3.32. The molecule has 2 N–H and O–H groups in total. The third-order valence-corrected chi connectivity index (χ3v) is 4.65. The molecular formula is C14H16N2O5S. The van der Waals surface area contributed by atoms with Crippen molar-refractivity contribution < 1.29 is 19.8 Å². The van der Waals surface area contributed by atoms with Crippen molar-refractivity contribution in [2.45, 2.75) is 39.7 Å². The fraction of sp³-hybridized carbons (Fsp3) is 0.429. The van der Waals surface area contributed by atoms with E-state index in [1.54, 1.807) is 13.8 Å². The van der Waals surface area contributed by atoms with Gasteiger partial charge in [0.2, 0.25) is 0 Å². The summed E-state index contributed by atoms with van der Waals surface area (Å²) in [6, 6.07) is -1.07. The lowest BCUT2D eigenvalue weighted by Gasteiger charge is -2.18. The summed E-state index contributed by atoms with van der Waals surface area (Å²) in [6.07, 6.45) is 0. The molecule has 2 aromatic heterocycles. The van der Waals surface area contributed by atoms with E-state index in [2.05, 4.69) is 4.98 Å². The first-order valence-electron chi connectivity index (χ1n) is 6.68. The normalized spacial score (nSPS) is 12.8. The summed E-state index contributed by atoms with van der Waals surface area (Å²) < 4.78 is 1.14. The third-order valence-electron chi connectivity index (χ3n) is 3.48. The van der Waals surface area contributed by atoms with Crippen LogP contribution in [-0.4, -0.2) is 31.7 Å². The van der Waals surface area contributed by atoms with E-state index in [4.69, 9.17) is 0 Å². The molecule has 0 bridgehead atoms. The molecule has 0 radical (unpaired) electrons. The molecule has 1 unspecified atom stereocenters. The van der Waals surface area contributed by atoms with E-state index in [9.17, 15) is 24.6 Å². The van der Waals surface area contributed by atoms with Gasteiger partial charge in [-0.3, -0.25) is 9.36 Å². The quantitative estimate of drug-likeness (QED) is 0.892. The first-order valence-corrected chi connectivity index (χ1v) is 7.50. The van der Waals surface area contributed by atoms with Crippen molar-refractivity contribution in [3.8, 4) is 0 Å². The number of nitrogens with zero attached hydrogens (tertiary/aromatic N) is 2. The molecule has 0 aliphatic heterocycles. The molecule has 2 heterocycles.